The van der Waals surface area contributed by atoms with Crippen LogP contribution in [0.5, 0.6) is 0 Å². The summed E-state index contributed by atoms with van der Waals surface area (Å²) in [7, 11) is 0. The summed E-state index contributed by atoms with van der Waals surface area (Å²) in [5, 5.41) is 3.27. The number of halogens is 2. The van der Waals surface area contributed by atoms with Crippen molar-refractivity contribution in [2.45, 2.75) is 12.5 Å². The van der Waals surface area contributed by atoms with Crippen LogP contribution in [-0.2, 0) is 0 Å². The molecule has 1 saturated heterocycles. The second-order valence-corrected chi connectivity index (χ2v) is 5.56. The van der Waals surface area contributed by atoms with Gasteiger partial charge in [-0.25, -0.2) is 4.39 Å². The highest BCUT2D eigenvalue weighted by molar-refractivity contribution is 9.10. The van der Waals surface area contributed by atoms with E-state index in [1.807, 2.05) is 11.8 Å². The van der Waals surface area contributed by atoms with Crippen molar-refractivity contribution in [3.05, 3.63) is 22.4 Å². The molecule has 0 bridgehead atoms. The minimum atomic E-state index is -0.280. The number of nitrogen functional groups attached to an aromatic ring is 1. The molecule has 3 N–H and O–H groups in total. The number of hydrogen-bond acceptors (Lipinski definition) is 3. The predicted molar refractivity (Wildman–Crippen MR) is 67.9 cm³/mol. The van der Waals surface area contributed by atoms with E-state index in [4.69, 9.17) is 5.73 Å². The minimum absolute atomic E-state index is 0.280. The van der Waals surface area contributed by atoms with Crippen molar-refractivity contribution in [2.24, 2.45) is 0 Å². The number of rotatable bonds is 2. The second-order valence-electron chi connectivity index (χ2n) is 3.56. The van der Waals surface area contributed by atoms with Gasteiger partial charge >= 0.3 is 0 Å². The highest BCUT2D eigenvalue weighted by Crippen LogP contribution is 2.29. The molecule has 0 aromatic heterocycles. The molecule has 1 heterocycles. The monoisotopic (exact) mass is 290 g/mol. The zero-order valence-corrected chi connectivity index (χ0v) is 10.5. The van der Waals surface area contributed by atoms with Crippen LogP contribution in [0.25, 0.3) is 0 Å². The van der Waals surface area contributed by atoms with Gasteiger partial charge in [-0.1, -0.05) is 0 Å². The molecule has 15 heavy (non-hydrogen) atoms. The largest absolute Gasteiger partial charge is 0.397 e. The fraction of sp³-hybridized carbons (Fsp3) is 0.400. The number of nitrogens with one attached hydrogen (secondary N) is 1. The van der Waals surface area contributed by atoms with Crippen molar-refractivity contribution in [1.82, 2.24) is 0 Å². The van der Waals surface area contributed by atoms with E-state index < -0.39 is 0 Å². The van der Waals surface area contributed by atoms with Crippen LogP contribution in [0.15, 0.2) is 16.6 Å². The standard InChI is InChI=1S/C10H12BrFN2S/c11-7-3-9(13)10(4-8(7)12)14-6-1-2-15-5-6/h3-4,6,14H,1-2,5,13H2. The first-order valence-corrected chi connectivity index (χ1v) is 6.70. The van der Waals surface area contributed by atoms with Gasteiger partial charge in [0.2, 0.25) is 0 Å². The Morgan fingerprint density at radius 1 is 1.53 bits per heavy atom. The third-order valence-electron chi connectivity index (χ3n) is 2.38. The maximum absolute atomic E-state index is 13.3. The van der Waals surface area contributed by atoms with E-state index in [0.717, 1.165) is 17.9 Å². The van der Waals surface area contributed by atoms with Gasteiger partial charge in [0.05, 0.1) is 15.8 Å². The van der Waals surface area contributed by atoms with Gasteiger partial charge < -0.3 is 11.1 Å². The highest BCUT2D eigenvalue weighted by Gasteiger charge is 2.16. The van der Waals surface area contributed by atoms with Crippen LogP contribution in [0.3, 0.4) is 0 Å². The first-order valence-electron chi connectivity index (χ1n) is 4.75. The van der Waals surface area contributed by atoms with Crippen LogP contribution in [0.4, 0.5) is 15.8 Å². The Kier molecular flexibility index (Phi) is 3.41. The Morgan fingerprint density at radius 2 is 2.33 bits per heavy atom. The van der Waals surface area contributed by atoms with Crippen molar-refractivity contribution in [1.29, 1.82) is 0 Å². The lowest BCUT2D eigenvalue weighted by molar-refractivity contribution is 0.621. The van der Waals surface area contributed by atoms with Crippen LogP contribution in [0, 0.1) is 5.82 Å². The Morgan fingerprint density at radius 3 is 3.00 bits per heavy atom. The molecule has 1 aromatic rings. The number of nitrogens with two attached hydrogens (primary N) is 1. The van der Waals surface area contributed by atoms with Crippen LogP contribution in [0.1, 0.15) is 6.42 Å². The topological polar surface area (TPSA) is 38.0 Å². The van der Waals surface area contributed by atoms with Crippen molar-refractivity contribution in [2.75, 3.05) is 22.6 Å². The van der Waals surface area contributed by atoms with Crippen molar-refractivity contribution in [3.8, 4) is 0 Å². The number of thioether (sulfide) groups is 1. The molecule has 0 saturated carbocycles. The van der Waals surface area contributed by atoms with Gasteiger partial charge in [-0.15, -0.1) is 0 Å². The summed E-state index contributed by atoms with van der Waals surface area (Å²) in [6.45, 7) is 0. The summed E-state index contributed by atoms with van der Waals surface area (Å²) in [4.78, 5) is 0. The third kappa shape index (κ3) is 2.58. The molecule has 2 nitrogen and oxygen atoms in total. The van der Waals surface area contributed by atoms with Crippen LogP contribution >= 0.6 is 27.7 Å². The van der Waals surface area contributed by atoms with Crippen LogP contribution in [-0.4, -0.2) is 17.5 Å². The molecular formula is C10H12BrFN2S. The minimum Gasteiger partial charge on any atom is -0.397 e. The first-order chi connectivity index (χ1) is 7.16. The molecule has 1 aliphatic heterocycles. The number of benzene rings is 1. The van der Waals surface area contributed by atoms with Gasteiger partial charge in [0.1, 0.15) is 5.82 Å². The van der Waals surface area contributed by atoms with E-state index in [9.17, 15) is 4.39 Å². The van der Waals surface area contributed by atoms with Gasteiger partial charge in [-0.05, 0) is 34.2 Å². The predicted octanol–water partition coefficient (Wildman–Crippen LogP) is 3.09. The number of anilines is 2. The summed E-state index contributed by atoms with van der Waals surface area (Å²) in [6.07, 6.45) is 1.11. The molecule has 1 unspecified atom stereocenters. The zero-order valence-electron chi connectivity index (χ0n) is 8.09. The van der Waals surface area contributed by atoms with Crippen LogP contribution in [0.2, 0.25) is 0 Å². The van der Waals surface area contributed by atoms with Gasteiger partial charge in [-0.3, -0.25) is 0 Å². The Balaban J connectivity index is 2.16. The van der Waals surface area contributed by atoms with Gasteiger partial charge in [0.25, 0.3) is 0 Å². The molecule has 0 aliphatic carbocycles. The second kappa shape index (κ2) is 4.61. The average Bonchev–Trinajstić information content (AvgIpc) is 2.67. The molecule has 2 rings (SSSR count). The molecular weight excluding hydrogens is 279 g/mol. The molecule has 0 radical (unpaired) electrons. The van der Waals surface area contributed by atoms with Gasteiger partial charge in [-0.2, -0.15) is 11.8 Å². The lowest BCUT2D eigenvalue weighted by Gasteiger charge is -2.15. The van der Waals surface area contributed by atoms with Gasteiger partial charge in [0.15, 0.2) is 0 Å². The normalized spacial score (nSPS) is 20.5. The summed E-state index contributed by atoms with van der Waals surface area (Å²) >= 11 is 5.01. The fourth-order valence-electron chi connectivity index (χ4n) is 1.56. The van der Waals surface area contributed by atoms with E-state index in [2.05, 4.69) is 21.2 Å². The molecule has 1 atom stereocenters. The van der Waals surface area contributed by atoms with Crippen LogP contribution < -0.4 is 11.1 Å². The fourth-order valence-corrected chi connectivity index (χ4v) is 3.07. The van der Waals surface area contributed by atoms with Crippen molar-refractivity contribution >= 4 is 39.1 Å². The Bertz CT molecular complexity index is 367. The van der Waals surface area contributed by atoms with E-state index in [0.29, 0.717) is 21.9 Å². The summed E-state index contributed by atoms with van der Waals surface area (Å²) < 4.78 is 13.7. The van der Waals surface area contributed by atoms with E-state index in [-0.39, 0.29) is 5.82 Å². The quantitative estimate of drug-likeness (QED) is 0.822. The summed E-state index contributed by atoms with van der Waals surface area (Å²) in [5.74, 6) is 1.95. The maximum Gasteiger partial charge on any atom is 0.139 e. The number of hydrogen-bond donors (Lipinski definition) is 2. The molecule has 1 aromatic carbocycles. The van der Waals surface area contributed by atoms with E-state index in [1.165, 1.54) is 6.07 Å². The van der Waals surface area contributed by atoms with Crippen molar-refractivity contribution in [3.63, 3.8) is 0 Å². The SMILES string of the molecule is Nc1cc(Br)c(F)cc1NC1CCSC1. The molecule has 0 spiro atoms. The average molecular weight is 291 g/mol. The Labute approximate surface area is 101 Å². The molecule has 0 amide bonds. The van der Waals surface area contributed by atoms with E-state index >= 15 is 0 Å². The molecule has 5 heteroatoms. The first kappa shape index (κ1) is 11.1. The smallest absolute Gasteiger partial charge is 0.139 e. The lowest BCUT2D eigenvalue weighted by atomic mass is 10.2. The summed E-state index contributed by atoms with van der Waals surface area (Å²) in [6, 6.07) is 3.46. The molecule has 1 aliphatic rings. The Hall–Kier alpha value is -0.420. The zero-order chi connectivity index (χ0) is 10.8. The van der Waals surface area contributed by atoms with Crippen molar-refractivity contribution < 1.29 is 4.39 Å². The third-order valence-corrected chi connectivity index (χ3v) is 4.15. The van der Waals surface area contributed by atoms with E-state index in [1.54, 1.807) is 6.07 Å². The molecule has 82 valence electrons. The molecule has 1 fully saturated rings. The van der Waals surface area contributed by atoms with Gasteiger partial charge in [0, 0.05) is 17.9 Å². The summed E-state index contributed by atoms with van der Waals surface area (Å²) in [5.41, 5.74) is 7.08. The lowest BCUT2D eigenvalue weighted by Crippen LogP contribution is -2.19. The maximum atomic E-state index is 13.3. The highest BCUT2D eigenvalue weighted by atomic mass is 79.9.